The second-order valence-corrected chi connectivity index (χ2v) is 5.74. The first kappa shape index (κ1) is 14.6. The average molecular weight is 290 g/mol. The van der Waals surface area contributed by atoms with Gasteiger partial charge in [-0.15, -0.1) is 10.2 Å². The number of nitrogens with zero attached hydrogens (tertiary/aromatic N) is 3. The van der Waals surface area contributed by atoms with Crippen molar-refractivity contribution in [2.75, 3.05) is 0 Å². The fourth-order valence-corrected chi connectivity index (χ4v) is 2.95. The molecule has 2 rings (SSSR count). The first-order chi connectivity index (χ1) is 9.47. The van der Waals surface area contributed by atoms with Crippen molar-refractivity contribution in [2.45, 2.75) is 38.2 Å². The number of carbonyl (C=O) groups excluding carboxylic acids is 1. The second kappa shape index (κ2) is 6.09. The van der Waals surface area contributed by atoms with E-state index in [0.29, 0.717) is 5.82 Å². The summed E-state index contributed by atoms with van der Waals surface area (Å²) < 4.78 is 1.75. The highest BCUT2D eigenvalue weighted by molar-refractivity contribution is 7.98. The molecule has 1 amide bonds. The number of nitrogens with two attached hydrogens (primary N) is 1. The van der Waals surface area contributed by atoms with Crippen LogP contribution in [0.3, 0.4) is 0 Å². The molecule has 6 heteroatoms. The van der Waals surface area contributed by atoms with Gasteiger partial charge in [-0.2, -0.15) is 0 Å². The summed E-state index contributed by atoms with van der Waals surface area (Å²) in [5.41, 5.74) is 9.00. The molecular weight excluding hydrogens is 272 g/mol. The van der Waals surface area contributed by atoms with Gasteiger partial charge in [0.2, 0.25) is 5.91 Å². The third-order valence-corrected chi connectivity index (χ3v) is 4.09. The molecule has 0 saturated heterocycles. The third-order valence-electron chi connectivity index (χ3n) is 3.08. The van der Waals surface area contributed by atoms with Gasteiger partial charge in [-0.25, -0.2) is 0 Å². The molecule has 106 valence electrons. The van der Waals surface area contributed by atoms with E-state index in [1.54, 1.807) is 16.3 Å². The first-order valence-corrected chi connectivity index (χ1v) is 7.33. The largest absolute Gasteiger partial charge is 0.368 e. The number of thioether (sulfide) groups is 1. The Kier molecular flexibility index (Phi) is 4.44. The van der Waals surface area contributed by atoms with E-state index >= 15 is 0 Å². The molecule has 0 radical (unpaired) electrons. The minimum Gasteiger partial charge on any atom is -0.368 e. The van der Waals surface area contributed by atoms with Crippen molar-refractivity contribution in [1.29, 1.82) is 0 Å². The Morgan fingerprint density at radius 2 is 2.05 bits per heavy atom. The van der Waals surface area contributed by atoms with Crippen LogP contribution >= 0.6 is 11.8 Å². The van der Waals surface area contributed by atoms with E-state index in [4.69, 9.17) is 5.73 Å². The van der Waals surface area contributed by atoms with Crippen LogP contribution in [0.15, 0.2) is 23.4 Å². The van der Waals surface area contributed by atoms with E-state index in [-0.39, 0.29) is 12.5 Å². The van der Waals surface area contributed by atoms with Crippen molar-refractivity contribution < 1.29 is 4.79 Å². The van der Waals surface area contributed by atoms with Crippen molar-refractivity contribution in [3.63, 3.8) is 0 Å². The van der Waals surface area contributed by atoms with Crippen LogP contribution in [0.4, 0.5) is 0 Å². The van der Waals surface area contributed by atoms with Gasteiger partial charge in [0.1, 0.15) is 12.4 Å². The van der Waals surface area contributed by atoms with Gasteiger partial charge in [-0.05, 0) is 31.9 Å². The van der Waals surface area contributed by atoms with Crippen LogP contribution in [0.1, 0.15) is 22.5 Å². The zero-order valence-corrected chi connectivity index (χ0v) is 12.7. The molecule has 1 heterocycles. The van der Waals surface area contributed by atoms with Gasteiger partial charge >= 0.3 is 0 Å². The fourth-order valence-electron chi connectivity index (χ4n) is 1.90. The lowest BCUT2D eigenvalue weighted by molar-refractivity contribution is -0.118. The molecule has 0 bridgehead atoms. The number of rotatable bonds is 5. The molecule has 0 aliphatic rings. The van der Waals surface area contributed by atoms with Crippen LogP contribution in [0.25, 0.3) is 0 Å². The lowest BCUT2D eigenvalue weighted by atomic mass is 10.1. The SMILES string of the molecule is Cc1ccc(C)c(CSc2nnc(C)n2CC(N)=O)c1. The normalized spacial score (nSPS) is 10.8. The van der Waals surface area contributed by atoms with E-state index in [9.17, 15) is 4.79 Å². The van der Waals surface area contributed by atoms with Gasteiger partial charge in [-0.3, -0.25) is 9.36 Å². The molecule has 0 atom stereocenters. The Labute approximate surface area is 122 Å². The Bertz CT molecular complexity index is 636. The molecule has 2 N–H and O–H groups in total. The van der Waals surface area contributed by atoms with Crippen LogP contribution in [0.2, 0.25) is 0 Å². The molecule has 20 heavy (non-hydrogen) atoms. The molecule has 0 spiro atoms. The van der Waals surface area contributed by atoms with E-state index in [0.717, 1.165) is 10.9 Å². The van der Waals surface area contributed by atoms with Crippen molar-refractivity contribution in [3.8, 4) is 0 Å². The Balaban J connectivity index is 2.15. The number of hydrogen-bond acceptors (Lipinski definition) is 4. The van der Waals surface area contributed by atoms with E-state index < -0.39 is 0 Å². The molecule has 0 fully saturated rings. The van der Waals surface area contributed by atoms with Crippen LogP contribution < -0.4 is 5.73 Å². The molecule has 1 aromatic heterocycles. The lowest BCUT2D eigenvalue weighted by Gasteiger charge is -2.08. The summed E-state index contributed by atoms with van der Waals surface area (Å²) in [5, 5.41) is 8.83. The lowest BCUT2D eigenvalue weighted by Crippen LogP contribution is -2.20. The van der Waals surface area contributed by atoms with Crippen LogP contribution in [-0.4, -0.2) is 20.7 Å². The highest BCUT2D eigenvalue weighted by Gasteiger charge is 2.12. The Morgan fingerprint density at radius 3 is 2.75 bits per heavy atom. The maximum absolute atomic E-state index is 11.1. The summed E-state index contributed by atoms with van der Waals surface area (Å²) in [4.78, 5) is 11.1. The Hall–Kier alpha value is -1.82. The van der Waals surface area contributed by atoms with Crippen LogP contribution in [0.5, 0.6) is 0 Å². The summed E-state index contributed by atoms with van der Waals surface area (Å²) in [7, 11) is 0. The van der Waals surface area contributed by atoms with E-state index in [1.807, 2.05) is 6.92 Å². The smallest absolute Gasteiger partial charge is 0.237 e. The minimum absolute atomic E-state index is 0.119. The summed E-state index contributed by atoms with van der Waals surface area (Å²) in [5.74, 6) is 1.11. The topological polar surface area (TPSA) is 73.8 Å². The van der Waals surface area contributed by atoms with Crippen molar-refractivity contribution in [1.82, 2.24) is 14.8 Å². The second-order valence-electron chi connectivity index (χ2n) is 4.80. The molecular formula is C14H18N4OS. The summed E-state index contributed by atoms with van der Waals surface area (Å²) in [6.45, 7) is 6.11. The monoisotopic (exact) mass is 290 g/mol. The average Bonchev–Trinajstić information content (AvgIpc) is 2.72. The zero-order valence-electron chi connectivity index (χ0n) is 11.9. The van der Waals surface area contributed by atoms with Crippen molar-refractivity contribution in [3.05, 3.63) is 40.7 Å². The summed E-state index contributed by atoms with van der Waals surface area (Å²) >= 11 is 1.57. The minimum atomic E-state index is -0.388. The highest BCUT2D eigenvalue weighted by atomic mass is 32.2. The summed E-state index contributed by atoms with van der Waals surface area (Å²) in [6, 6.07) is 6.39. The maximum Gasteiger partial charge on any atom is 0.237 e. The van der Waals surface area contributed by atoms with E-state index in [2.05, 4.69) is 42.2 Å². The van der Waals surface area contributed by atoms with Gasteiger partial charge in [0.25, 0.3) is 0 Å². The number of aromatic nitrogens is 3. The van der Waals surface area contributed by atoms with Gasteiger partial charge in [0, 0.05) is 5.75 Å². The first-order valence-electron chi connectivity index (χ1n) is 6.34. The number of amides is 1. The van der Waals surface area contributed by atoms with Gasteiger partial charge in [0.05, 0.1) is 0 Å². The number of primary amides is 1. The predicted octanol–water partition coefficient (Wildman–Crippen LogP) is 1.98. The number of aryl methyl sites for hydroxylation is 3. The molecule has 0 saturated carbocycles. The third kappa shape index (κ3) is 3.39. The zero-order chi connectivity index (χ0) is 14.7. The van der Waals surface area contributed by atoms with Crippen LogP contribution in [-0.2, 0) is 17.1 Å². The van der Waals surface area contributed by atoms with Gasteiger partial charge in [0.15, 0.2) is 5.16 Å². The van der Waals surface area contributed by atoms with Gasteiger partial charge in [-0.1, -0.05) is 35.5 Å². The quantitative estimate of drug-likeness (QED) is 0.855. The number of benzene rings is 1. The van der Waals surface area contributed by atoms with Crippen molar-refractivity contribution >= 4 is 17.7 Å². The number of carbonyl (C=O) groups is 1. The predicted molar refractivity (Wildman–Crippen MR) is 79.4 cm³/mol. The van der Waals surface area contributed by atoms with E-state index in [1.165, 1.54) is 16.7 Å². The molecule has 0 unspecified atom stereocenters. The maximum atomic E-state index is 11.1. The van der Waals surface area contributed by atoms with Crippen molar-refractivity contribution in [2.24, 2.45) is 5.73 Å². The fraction of sp³-hybridized carbons (Fsp3) is 0.357. The standard InChI is InChI=1S/C14H18N4OS/c1-9-4-5-10(2)12(6-9)8-20-14-17-16-11(3)18(14)7-13(15)19/h4-6H,7-8H2,1-3H3,(H2,15,19). The Morgan fingerprint density at radius 1 is 1.30 bits per heavy atom. The van der Waals surface area contributed by atoms with Crippen LogP contribution in [0, 0.1) is 20.8 Å². The van der Waals surface area contributed by atoms with Gasteiger partial charge < -0.3 is 5.73 Å². The molecule has 0 aliphatic heterocycles. The molecule has 0 aliphatic carbocycles. The number of hydrogen-bond donors (Lipinski definition) is 1. The summed E-state index contributed by atoms with van der Waals surface area (Å²) in [6.07, 6.45) is 0. The molecule has 5 nitrogen and oxygen atoms in total. The highest BCUT2D eigenvalue weighted by Crippen LogP contribution is 2.24. The molecule has 1 aromatic carbocycles. The molecule has 2 aromatic rings.